The Balaban J connectivity index is 1.84. The zero-order valence-corrected chi connectivity index (χ0v) is 11.7. The van der Waals surface area contributed by atoms with Crippen LogP contribution >= 0.6 is 0 Å². The lowest BCUT2D eigenvalue weighted by Gasteiger charge is -2.14. The minimum atomic E-state index is -0.143. The zero-order valence-electron chi connectivity index (χ0n) is 11.7. The number of nitrogens with one attached hydrogen (secondary N) is 1. The van der Waals surface area contributed by atoms with Crippen LogP contribution in [0.15, 0.2) is 48.8 Å². The van der Waals surface area contributed by atoms with Gasteiger partial charge in [-0.15, -0.1) is 0 Å². The van der Waals surface area contributed by atoms with Gasteiger partial charge in [-0.2, -0.15) is 0 Å². The standard InChI is InChI=1S/C16H18N2O2/c1-12-4-3-5-15(10-12)20-11-16(19)18-13(2)14-6-8-17-9-7-14/h3-10,13H,11H2,1-2H3,(H,18,19). The molecule has 0 aliphatic carbocycles. The molecule has 1 N–H and O–H groups in total. The van der Waals surface area contributed by atoms with Crippen LogP contribution in [-0.4, -0.2) is 17.5 Å². The third-order valence-corrected chi connectivity index (χ3v) is 2.94. The average Bonchev–Trinajstić information content (AvgIpc) is 2.46. The van der Waals surface area contributed by atoms with Crippen LogP contribution in [0.2, 0.25) is 0 Å². The number of ether oxygens (including phenoxy) is 1. The molecule has 0 bridgehead atoms. The van der Waals surface area contributed by atoms with E-state index in [0.717, 1.165) is 11.1 Å². The quantitative estimate of drug-likeness (QED) is 0.908. The van der Waals surface area contributed by atoms with Gasteiger partial charge in [0.15, 0.2) is 6.61 Å². The number of hydrogen-bond donors (Lipinski definition) is 1. The number of rotatable bonds is 5. The number of aryl methyl sites for hydroxylation is 1. The molecule has 1 heterocycles. The Kier molecular flexibility index (Phi) is 4.71. The number of carbonyl (C=O) groups excluding carboxylic acids is 1. The molecule has 0 saturated carbocycles. The normalized spacial score (nSPS) is 11.7. The van der Waals surface area contributed by atoms with Crippen molar-refractivity contribution in [1.82, 2.24) is 10.3 Å². The Labute approximate surface area is 118 Å². The molecule has 2 aromatic rings. The first kappa shape index (κ1) is 14.1. The second kappa shape index (κ2) is 6.70. The van der Waals surface area contributed by atoms with Gasteiger partial charge in [-0.3, -0.25) is 9.78 Å². The molecule has 0 saturated heterocycles. The van der Waals surface area contributed by atoms with E-state index in [2.05, 4.69) is 10.3 Å². The lowest BCUT2D eigenvalue weighted by Crippen LogP contribution is -2.31. The zero-order chi connectivity index (χ0) is 14.4. The van der Waals surface area contributed by atoms with Gasteiger partial charge in [-0.25, -0.2) is 0 Å². The fraction of sp³-hybridized carbons (Fsp3) is 0.250. The van der Waals surface area contributed by atoms with E-state index in [9.17, 15) is 4.79 Å². The Hall–Kier alpha value is -2.36. The van der Waals surface area contributed by atoms with E-state index in [1.165, 1.54) is 0 Å². The van der Waals surface area contributed by atoms with E-state index >= 15 is 0 Å². The summed E-state index contributed by atoms with van der Waals surface area (Å²) in [5, 5.41) is 2.89. The number of benzene rings is 1. The number of hydrogen-bond acceptors (Lipinski definition) is 3. The van der Waals surface area contributed by atoms with Crippen molar-refractivity contribution in [3.05, 3.63) is 59.9 Å². The highest BCUT2D eigenvalue weighted by Crippen LogP contribution is 2.13. The first-order valence-electron chi connectivity index (χ1n) is 6.54. The van der Waals surface area contributed by atoms with Crippen molar-refractivity contribution in [1.29, 1.82) is 0 Å². The maximum absolute atomic E-state index is 11.8. The molecule has 0 aliphatic heterocycles. The van der Waals surface area contributed by atoms with E-state index in [4.69, 9.17) is 4.74 Å². The Morgan fingerprint density at radius 2 is 2.05 bits per heavy atom. The largest absolute Gasteiger partial charge is 0.484 e. The van der Waals surface area contributed by atoms with Gasteiger partial charge < -0.3 is 10.1 Å². The van der Waals surface area contributed by atoms with Crippen LogP contribution in [0.25, 0.3) is 0 Å². The SMILES string of the molecule is Cc1cccc(OCC(=O)NC(C)c2ccncc2)c1. The van der Waals surface area contributed by atoms with Crippen LogP contribution in [0.1, 0.15) is 24.1 Å². The van der Waals surface area contributed by atoms with Gasteiger partial charge in [0.05, 0.1) is 6.04 Å². The fourth-order valence-corrected chi connectivity index (χ4v) is 1.87. The lowest BCUT2D eigenvalue weighted by molar-refractivity contribution is -0.123. The van der Waals surface area contributed by atoms with Crippen molar-refractivity contribution in [2.24, 2.45) is 0 Å². The van der Waals surface area contributed by atoms with Crippen LogP contribution in [0.3, 0.4) is 0 Å². The molecule has 0 fully saturated rings. The molecule has 2 rings (SSSR count). The van der Waals surface area contributed by atoms with Crippen LogP contribution in [0, 0.1) is 6.92 Å². The second-order valence-electron chi connectivity index (χ2n) is 4.67. The third-order valence-electron chi connectivity index (χ3n) is 2.94. The highest BCUT2D eigenvalue weighted by atomic mass is 16.5. The summed E-state index contributed by atoms with van der Waals surface area (Å²) in [5.41, 5.74) is 2.12. The molecule has 1 amide bonds. The van der Waals surface area contributed by atoms with Gasteiger partial charge in [-0.1, -0.05) is 12.1 Å². The van der Waals surface area contributed by atoms with Gasteiger partial charge in [0.2, 0.25) is 0 Å². The number of nitrogens with zero attached hydrogens (tertiary/aromatic N) is 1. The van der Waals surface area contributed by atoms with E-state index in [-0.39, 0.29) is 18.6 Å². The Bertz CT molecular complexity index is 570. The average molecular weight is 270 g/mol. The fourth-order valence-electron chi connectivity index (χ4n) is 1.87. The van der Waals surface area contributed by atoms with Crippen LogP contribution in [0.5, 0.6) is 5.75 Å². The molecule has 1 unspecified atom stereocenters. The Morgan fingerprint density at radius 3 is 2.75 bits per heavy atom. The predicted octanol–water partition coefficient (Wildman–Crippen LogP) is 2.65. The number of aromatic nitrogens is 1. The first-order valence-corrected chi connectivity index (χ1v) is 6.54. The molecule has 4 heteroatoms. The smallest absolute Gasteiger partial charge is 0.258 e. The first-order chi connectivity index (χ1) is 9.65. The Morgan fingerprint density at radius 1 is 1.30 bits per heavy atom. The van der Waals surface area contributed by atoms with Gasteiger partial charge >= 0.3 is 0 Å². The molecule has 20 heavy (non-hydrogen) atoms. The molecule has 1 aromatic heterocycles. The molecule has 1 atom stereocenters. The molecule has 104 valence electrons. The molecular formula is C16H18N2O2. The van der Waals surface area contributed by atoms with Crippen molar-refractivity contribution in [3.63, 3.8) is 0 Å². The summed E-state index contributed by atoms with van der Waals surface area (Å²) in [6.45, 7) is 3.93. The summed E-state index contributed by atoms with van der Waals surface area (Å²) in [6.07, 6.45) is 3.42. The van der Waals surface area contributed by atoms with Crippen molar-refractivity contribution >= 4 is 5.91 Å². The number of amides is 1. The molecule has 0 spiro atoms. The van der Waals surface area contributed by atoms with Gasteiger partial charge in [-0.05, 0) is 49.2 Å². The minimum Gasteiger partial charge on any atom is -0.484 e. The van der Waals surface area contributed by atoms with E-state index < -0.39 is 0 Å². The van der Waals surface area contributed by atoms with Crippen molar-refractivity contribution < 1.29 is 9.53 Å². The highest BCUT2D eigenvalue weighted by Gasteiger charge is 2.09. The summed E-state index contributed by atoms with van der Waals surface area (Å²) >= 11 is 0. The van der Waals surface area contributed by atoms with Gasteiger partial charge in [0.25, 0.3) is 5.91 Å². The van der Waals surface area contributed by atoms with Gasteiger partial charge in [0.1, 0.15) is 5.75 Å². The van der Waals surface area contributed by atoms with Crippen LogP contribution < -0.4 is 10.1 Å². The monoisotopic (exact) mass is 270 g/mol. The van der Waals surface area contributed by atoms with E-state index in [1.54, 1.807) is 12.4 Å². The summed E-state index contributed by atoms with van der Waals surface area (Å²) in [6, 6.07) is 11.3. The van der Waals surface area contributed by atoms with Crippen molar-refractivity contribution in [2.75, 3.05) is 6.61 Å². The molecule has 4 nitrogen and oxygen atoms in total. The van der Waals surface area contributed by atoms with E-state index in [1.807, 2.05) is 50.2 Å². The van der Waals surface area contributed by atoms with Crippen LogP contribution in [0.4, 0.5) is 0 Å². The summed E-state index contributed by atoms with van der Waals surface area (Å²) in [4.78, 5) is 15.8. The summed E-state index contributed by atoms with van der Waals surface area (Å²) in [5.74, 6) is 0.563. The maximum atomic E-state index is 11.8. The number of carbonyl (C=O) groups is 1. The van der Waals surface area contributed by atoms with E-state index in [0.29, 0.717) is 5.75 Å². The molecule has 0 radical (unpaired) electrons. The molecule has 1 aromatic carbocycles. The second-order valence-corrected chi connectivity index (χ2v) is 4.67. The van der Waals surface area contributed by atoms with Gasteiger partial charge in [0, 0.05) is 12.4 Å². The number of pyridine rings is 1. The summed E-state index contributed by atoms with van der Waals surface area (Å²) < 4.78 is 5.46. The van der Waals surface area contributed by atoms with Crippen molar-refractivity contribution in [3.8, 4) is 5.75 Å². The third kappa shape index (κ3) is 4.09. The highest BCUT2D eigenvalue weighted by molar-refractivity contribution is 5.78. The molecule has 0 aliphatic rings. The van der Waals surface area contributed by atoms with Crippen LogP contribution in [-0.2, 0) is 4.79 Å². The predicted molar refractivity (Wildman–Crippen MR) is 77.5 cm³/mol. The topological polar surface area (TPSA) is 51.2 Å². The lowest BCUT2D eigenvalue weighted by atomic mass is 10.1. The maximum Gasteiger partial charge on any atom is 0.258 e. The minimum absolute atomic E-state index is 0.0128. The molecular weight excluding hydrogens is 252 g/mol. The van der Waals surface area contributed by atoms with Crippen molar-refractivity contribution in [2.45, 2.75) is 19.9 Å². The summed E-state index contributed by atoms with van der Waals surface area (Å²) in [7, 11) is 0.